The molecule has 0 aromatic heterocycles. The summed E-state index contributed by atoms with van der Waals surface area (Å²) in [5, 5.41) is 21.7. The summed E-state index contributed by atoms with van der Waals surface area (Å²) in [7, 11) is 0. The van der Waals surface area contributed by atoms with E-state index < -0.39 is 0 Å². The molecule has 144 valence electrons. The van der Waals surface area contributed by atoms with E-state index in [1.54, 1.807) is 0 Å². The summed E-state index contributed by atoms with van der Waals surface area (Å²) in [6.07, 6.45) is 3.35. The van der Waals surface area contributed by atoms with Crippen molar-refractivity contribution in [3.63, 3.8) is 0 Å². The molecule has 0 saturated carbocycles. The van der Waals surface area contributed by atoms with Crippen molar-refractivity contribution >= 4 is 0 Å². The van der Waals surface area contributed by atoms with E-state index in [0.29, 0.717) is 23.7 Å². The first-order chi connectivity index (χ1) is 13.0. The summed E-state index contributed by atoms with van der Waals surface area (Å²) in [5.74, 6) is 1.53. The van der Waals surface area contributed by atoms with Gasteiger partial charge in [0.15, 0.2) is 0 Å². The first-order valence-corrected chi connectivity index (χ1v) is 10.5. The number of hydrogen-bond donors (Lipinski definition) is 2. The minimum absolute atomic E-state index is 0.293. The molecule has 4 rings (SSSR count). The van der Waals surface area contributed by atoms with Gasteiger partial charge in [0.2, 0.25) is 0 Å². The Bertz CT molecular complexity index is 810. The van der Waals surface area contributed by atoms with Crippen LogP contribution in [0.25, 0.3) is 0 Å². The lowest BCUT2D eigenvalue weighted by Crippen LogP contribution is -2.27. The lowest BCUT2D eigenvalue weighted by molar-refractivity contribution is 0.0620. The van der Waals surface area contributed by atoms with Gasteiger partial charge in [-0.25, -0.2) is 0 Å². The van der Waals surface area contributed by atoms with Gasteiger partial charge in [0.1, 0.15) is 0 Å². The number of benzene rings is 2. The van der Waals surface area contributed by atoms with E-state index in [4.69, 9.17) is 0 Å². The van der Waals surface area contributed by atoms with Gasteiger partial charge in [-0.2, -0.15) is 0 Å². The number of hydrogen-bond acceptors (Lipinski definition) is 2. The monoisotopic (exact) mass is 364 g/mol. The summed E-state index contributed by atoms with van der Waals surface area (Å²) in [6, 6.07) is 15.0. The molecule has 0 saturated heterocycles. The van der Waals surface area contributed by atoms with Crippen molar-refractivity contribution < 1.29 is 10.2 Å². The molecule has 2 aliphatic carbocycles. The number of aliphatic hydroxyl groups excluding tert-OH is 2. The molecule has 2 aliphatic rings. The summed E-state index contributed by atoms with van der Waals surface area (Å²) in [4.78, 5) is 0. The minimum Gasteiger partial charge on any atom is -0.388 e. The van der Waals surface area contributed by atoms with E-state index in [9.17, 15) is 10.2 Å². The number of rotatable bonds is 4. The Balaban J connectivity index is 1.49. The molecule has 2 aromatic rings. The number of aryl methyl sites for hydroxylation is 1. The van der Waals surface area contributed by atoms with Crippen LogP contribution in [-0.4, -0.2) is 10.2 Å². The molecule has 0 aliphatic heterocycles. The standard InChI is InChI=1S/C25H32O2/c1-15(2)22-14-19-9-8-17(13-23(19)25(22)27)12-16(3)20-11-10-18-6-4-5-7-21(18)24(20)26/h4-9,13,15-16,20,22,24-27H,10-12,14H2,1-3H3. The Morgan fingerprint density at radius 3 is 2.41 bits per heavy atom. The van der Waals surface area contributed by atoms with E-state index >= 15 is 0 Å². The molecule has 0 spiro atoms. The van der Waals surface area contributed by atoms with E-state index in [1.165, 1.54) is 16.7 Å². The second kappa shape index (κ2) is 7.41. The van der Waals surface area contributed by atoms with Crippen molar-refractivity contribution in [2.45, 2.75) is 58.7 Å². The van der Waals surface area contributed by atoms with Crippen LogP contribution in [-0.2, 0) is 19.3 Å². The summed E-state index contributed by atoms with van der Waals surface area (Å²) >= 11 is 0. The molecule has 0 radical (unpaired) electrons. The van der Waals surface area contributed by atoms with Gasteiger partial charge >= 0.3 is 0 Å². The van der Waals surface area contributed by atoms with Crippen molar-refractivity contribution in [2.24, 2.45) is 23.7 Å². The zero-order chi connectivity index (χ0) is 19.1. The molecule has 0 heterocycles. The third-order valence-corrected chi connectivity index (χ3v) is 7.06. The molecule has 2 N–H and O–H groups in total. The summed E-state index contributed by atoms with van der Waals surface area (Å²) in [6.45, 7) is 6.67. The first kappa shape index (κ1) is 18.7. The maximum absolute atomic E-state index is 10.9. The van der Waals surface area contributed by atoms with Gasteiger partial charge in [-0.15, -0.1) is 0 Å². The highest BCUT2D eigenvalue weighted by Gasteiger charge is 2.34. The average molecular weight is 365 g/mol. The molecular weight excluding hydrogens is 332 g/mol. The van der Waals surface area contributed by atoms with Gasteiger partial charge in [-0.1, -0.05) is 63.2 Å². The highest BCUT2D eigenvalue weighted by Crippen LogP contribution is 2.42. The SMILES string of the molecule is CC(C)C1Cc2ccc(CC(C)C3CCc4ccccc4C3O)cc2C1O. The van der Waals surface area contributed by atoms with E-state index in [0.717, 1.165) is 36.8 Å². The minimum atomic E-state index is -0.365. The predicted molar refractivity (Wildman–Crippen MR) is 110 cm³/mol. The second-order valence-corrected chi connectivity index (χ2v) is 9.12. The Morgan fingerprint density at radius 1 is 0.889 bits per heavy atom. The van der Waals surface area contributed by atoms with Crippen molar-refractivity contribution in [1.82, 2.24) is 0 Å². The van der Waals surface area contributed by atoms with Gasteiger partial charge in [-0.05, 0) is 77.2 Å². The molecule has 5 unspecified atom stereocenters. The molecule has 0 amide bonds. The molecule has 5 atom stereocenters. The van der Waals surface area contributed by atoms with Crippen LogP contribution in [0.2, 0.25) is 0 Å². The smallest absolute Gasteiger partial charge is 0.0826 e. The Hall–Kier alpha value is -1.64. The van der Waals surface area contributed by atoms with Crippen molar-refractivity contribution in [3.05, 3.63) is 70.3 Å². The van der Waals surface area contributed by atoms with Crippen LogP contribution < -0.4 is 0 Å². The van der Waals surface area contributed by atoms with Crippen molar-refractivity contribution in [1.29, 1.82) is 0 Å². The van der Waals surface area contributed by atoms with Crippen LogP contribution in [0.5, 0.6) is 0 Å². The Morgan fingerprint density at radius 2 is 1.63 bits per heavy atom. The summed E-state index contributed by atoms with van der Waals surface area (Å²) in [5.41, 5.74) is 6.14. The van der Waals surface area contributed by atoms with E-state index in [2.05, 4.69) is 57.2 Å². The lowest BCUT2D eigenvalue weighted by atomic mass is 9.74. The topological polar surface area (TPSA) is 40.5 Å². The third-order valence-electron chi connectivity index (χ3n) is 7.06. The second-order valence-electron chi connectivity index (χ2n) is 9.12. The highest BCUT2D eigenvalue weighted by atomic mass is 16.3. The van der Waals surface area contributed by atoms with Gasteiger partial charge < -0.3 is 10.2 Å². The highest BCUT2D eigenvalue weighted by molar-refractivity contribution is 5.39. The van der Waals surface area contributed by atoms with Gasteiger partial charge in [-0.3, -0.25) is 0 Å². The molecule has 2 nitrogen and oxygen atoms in total. The quantitative estimate of drug-likeness (QED) is 0.799. The molecule has 2 heteroatoms. The average Bonchev–Trinajstić information content (AvgIpc) is 2.99. The Kier molecular flexibility index (Phi) is 5.13. The number of aliphatic hydroxyl groups is 2. The van der Waals surface area contributed by atoms with Crippen LogP contribution in [0.4, 0.5) is 0 Å². The van der Waals surface area contributed by atoms with Crippen LogP contribution in [0, 0.1) is 23.7 Å². The first-order valence-electron chi connectivity index (χ1n) is 10.5. The molecule has 0 bridgehead atoms. The van der Waals surface area contributed by atoms with Crippen LogP contribution >= 0.6 is 0 Å². The molecular formula is C25H32O2. The normalized spacial score (nSPS) is 28.1. The van der Waals surface area contributed by atoms with Crippen molar-refractivity contribution in [3.8, 4) is 0 Å². The van der Waals surface area contributed by atoms with Crippen LogP contribution in [0.1, 0.15) is 67.2 Å². The van der Waals surface area contributed by atoms with Gasteiger partial charge in [0.25, 0.3) is 0 Å². The number of fused-ring (bicyclic) bond motifs is 2. The third kappa shape index (κ3) is 3.46. The maximum atomic E-state index is 10.9. The fourth-order valence-electron chi connectivity index (χ4n) is 5.31. The zero-order valence-corrected chi connectivity index (χ0v) is 16.7. The lowest BCUT2D eigenvalue weighted by Gasteiger charge is -2.34. The maximum Gasteiger partial charge on any atom is 0.0826 e. The van der Waals surface area contributed by atoms with Crippen molar-refractivity contribution in [2.75, 3.05) is 0 Å². The van der Waals surface area contributed by atoms with E-state index in [-0.39, 0.29) is 12.2 Å². The largest absolute Gasteiger partial charge is 0.388 e. The predicted octanol–water partition coefficient (Wildman–Crippen LogP) is 5.02. The zero-order valence-electron chi connectivity index (χ0n) is 16.7. The fraction of sp³-hybridized carbons (Fsp3) is 0.520. The van der Waals surface area contributed by atoms with Gasteiger partial charge in [0, 0.05) is 0 Å². The molecule has 2 aromatic carbocycles. The molecule has 0 fully saturated rings. The van der Waals surface area contributed by atoms with Crippen LogP contribution in [0.15, 0.2) is 42.5 Å². The molecule has 27 heavy (non-hydrogen) atoms. The van der Waals surface area contributed by atoms with E-state index in [1.807, 2.05) is 6.07 Å². The summed E-state index contributed by atoms with van der Waals surface area (Å²) < 4.78 is 0. The van der Waals surface area contributed by atoms with Gasteiger partial charge in [0.05, 0.1) is 12.2 Å². The van der Waals surface area contributed by atoms with Crippen LogP contribution in [0.3, 0.4) is 0 Å². The fourth-order valence-corrected chi connectivity index (χ4v) is 5.31. The Labute approximate surface area is 163 Å².